The van der Waals surface area contributed by atoms with Gasteiger partial charge in [0.25, 0.3) is 5.91 Å². The van der Waals surface area contributed by atoms with Crippen LogP contribution in [-0.2, 0) is 12.8 Å². The number of benzene rings is 1. The number of aliphatic hydroxyl groups is 1. The maximum Gasteiger partial charge on any atom is 0.349 e. The number of ether oxygens (including phenoxy) is 1. The molecule has 0 spiro atoms. The van der Waals surface area contributed by atoms with Crippen LogP contribution in [0.15, 0.2) is 39.5 Å². The summed E-state index contributed by atoms with van der Waals surface area (Å²) in [6.45, 7) is 2.12. The monoisotopic (exact) mass is 414 g/mol. The Morgan fingerprint density at radius 3 is 2.53 bits per heavy atom. The Balaban J connectivity index is 1.75. The van der Waals surface area contributed by atoms with Gasteiger partial charge in [-0.2, -0.15) is 0 Å². The highest BCUT2D eigenvalue weighted by Crippen LogP contribution is 2.23. The van der Waals surface area contributed by atoms with Crippen LogP contribution in [0.3, 0.4) is 0 Å². The summed E-state index contributed by atoms with van der Waals surface area (Å²) in [5.74, 6) is 0.978. The highest BCUT2D eigenvalue weighted by atomic mass is 16.5. The smallest absolute Gasteiger partial charge is 0.349 e. The first-order chi connectivity index (χ1) is 14.3. The molecule has 7 nitrogen and oxygen atoms in total. The molecule has 1 aliphatic rings. The number of methoxy groups -OCH3 is 1. The fourth-order valence-electron chi connectivity index (χ4n) is 3.94. The van der Waals surface area contributed by atoms with E-state index in [1.54, 1.807) is 25.0 Å². The first-order valence-corrected chi connectivity index (χ1v) is 10.2. The minimum Gasteiger partial charge on any atom is -0.497 e. The lowest BCUT2D eigenvalue weighted by atomic mass is 10.1. The molecule has 2 aromatic rings. The van der Waals surface area contributed by atoms with Crippen molar-refractivity contribution in [2.24, 2.45) is 0 Å². The van der Waals surface area contributed by atoms with Crippen molar-refractivity contribution in [3.63, 3.8) is 0 Å². The van der Waals surface area contributed by atoms with Gasteiger partial charge in [-0.05, 0) is 63.2 Å². The van der Waals surface area contributed by atoms with E-state index in [0.717, 1.165) is 11.3 Å². The van der Waals surface area contributed by atoms with Crippen molar-refractivity contribution in [2.45, 2.75) is 38.3 Å². The van der Waals surface area contributed by atoms with Crippen LogP contribution in [-0.4, -0.2) is 67.3 Å². The molecule has 2 heterocycles. The Hall–Kier alpha value is -2.64. The van der Waals surface area contributed by atoms with Gasteiger partial charge in [0.15, 0.2) is 0 Å². The number of hydrogen-bond donors (Lipinski definition) is 1. The summed E-state index contributed by atoms with van der Waals surface area (Å²) in [7, 11) is 5.52. The van der Waals surface area contributed by atoms with E-state index in [1.807, 2.05) is 43.3 Å². The molecule has 0 radical (unpaired) electrons. The van der Waals surface area contributed by atoms with Gasteiger partial charge in [-0.25, -0.2) is 4.79 Å². The molecule has 1 amide bonds. The SMILES string of the molecule is COc1ccc(CCc2cc(C)c(C(=O)N3C[C@H](N(C)C)C[C@H]3CO)c(=O)o2)cc1. The first-order valence-electron chi connectivity index (χ1n) is 10.2. The van der Waals surface area contributed by atoms with E-state index in [2.05, 4.69) is 0 Å². The molecule has 30 heavy (non-hydrogen) atoms. The molecular formula is C23H30N2O5. The van der Waals surface area contributed by atoms with Gasteiger partial charge in [-0.15, -0.1) is 0 Å². The molecule has 1 aromatic carbocycles. The predicted molar refractivity (Wildman–Crippen MR) is 114 cm³/mol. The fraction of sp³-hybridized carbons (Fsp3) is 0.478. The van der Waals surface area contributed by atoms with Crippen LogP contribution in [0.4, 0.5) is 0 Å². The second-order valence-electron chi connectivity index (χ2n) is 8.05. The van der Waals surface area contributed by atoms with Crippen LogP contribution in [0, 0.1) is 6.92 Å². The zero-order valence-electron chi connectivity index (χ0n) is 18.1. The minimum absolute atomic E-state index is 0.0565. The molecule has 1 aromatic heterocycles. The largest absolute Gasteiger partial charge is 0.497 e. The Bertz CT molecular complexity index is 936. The molecule has 1 aliphatic heterocycles. The van der Waals surface area contributed by atoms with Gasteiger partial charge in [-0.3, -0.25) is 4.79 Å². The number of aryl methyl sites for hydroxylation is 3. The Labute approximate surface area is 176 Å². The normalized spacial score (nSPS) is 18.8. The van der Waals surface area contributed by atoms with Gasteiger partial charge in [0.1, 0.15) is 17.1 Å². The molecule has 0 bridgehead atoms. The average molecular weight is 415 g/mol. The third-order valence-electron chi connectivity index (χ3n) is 5.83. The third-order valence-corrected chi connectivity index (χ3v) is 5.83. The third kappa shape index (κ3) is 4.74. The number of likely N-dealkylation sites (tertiary alicyclic amines) is 1. The molecule has 1 saturated heterocycles. The summed E-state index contributed by atoms with van der Waals surface area (Å²) in [6.07, 6.45) is 1.95. The number of nitrogens with zero attached hydrogens (tertiary/aromatic N) is 2. The highest BCUT2D eigenvalue weighted by Gasteiger charge is 2.37. The summed E-state index contributed by atoms with van der Waals surface area (Å²) in [5, 5.41) is 9.70. The maximum atomic E-state index is 13.1. The van der Waals surface area contributed by atoms with Crippen LogP contribution in [0.2, 0.25) is 0 Å². The maximum absolute atomic E-state index is 13.1. The van der Waals surface area contributed by atoms with E-state index in [1.165, 1.54) is 0 Å². The van der Waals surface area contributed by atoms with Gasteiger partial charge in [-0.1, -0.05) is 12.1 Å². The number of carbonyl (C=O) groups excluding carboxylic acids is 1. The second kappa shape index (κ2) is 9.45. The minimum atomic E-state index is -0.616. The summed E-state index contributed by atoms with van der Waals surface area (Å²) in [5.41, 5.74) is 1.15. The van der Waals surface area contributed by atoms with Gasteiger partial charge in [0.2, 0.25) is 0 Å². The number of aliphatic hydroxyl groups excluding tert-OH is 1. The van der Waals surface area contributed by atoms with Crippen molar-refractivity contribution < 1.29 is 19.1 Å². The molecule has 2 atom stereocenters. The molecule has 1 N–H and O–H groups in total. The summed E-state index contributed by atoms with van der Waals surface area (Å²) >= 11 is 0. The lowest BCUT2D eigenvalue weighted by Crippen LogP contribution is -2.41. The zero-order chi connectivity index (χ0) is 21.8. The zero-order valence-corrected chi connectivity index (χ0v) is 18.1. The second-order valence-corrected chi connectivity index (χ2v) is 8.05. The van der Waals surface area contributed by atoms with E-state index >= 15 is 0 Å². The molecule has 0 aliphatic carbocycles. The molecule has 3 rings (SSSR count). The van der Waals surface area contributed by atoms with E-state index in [-0.39, 0.29) is 30.2 Å². The molecule has 1 fully saturated rings. The van der Waals surface area contributed by atoms with Crippen molar-refractivity contribution in [1.29, 1.82) is 0 Å². The van der Waals surface area contributed by atoms with Gasteiger partial charge < -0.3 is 24.1 Å². The van der Waals surface area contributed by atoms with Gasteiger partial charge >= 0.3 is 5.63 Å². The molecular weight excluding hydrogens is 384 g/mol. The number of carbonyl (C=O) groups is 1. The van der Waals surface area contributed by atoms with Crippen molar-refractivity contribution in [2.75, 3.05) is 34.4 Å². The quantitative estimate of drug-likeness (QED) is 0.745. The van der Waals surface area contributed by atoms with E-state index < -0.39 is 5.63 Å². The van der Waals surface area contributed by atoms with E-state index in [4.69, 9.17) is 9.15 Å². The van der Waals surface area contributed by atoms with Crippen molar-refractivity contribution in [1.82, 2.24) is 9.80 Å². The molecule has 0 unspecified atom stereocenters. The van der Waals surface area contributed by atoms with Crippen LogP contribution >= 0.6 is 0 Å². The number of amides is 1. The first kappa shape index (κ1) is 22.1. The molecule has 162 valence electrons. The van der Waals surface area contributed by atoms with Crippen LogP contribution in [0.25, 0.3) is 0 Å². The molecule has 7 heteroatoms. The van der Waals surface area contributed by atoms with Gasteiger partial charge in [0, 0.05) is 19.0 Å². The lowest BCUT2D eigenvalue weighted by Gasteiger charge is -2.23. The van der Waals surface area contributed by atoms with Crippen molar-refractivity contribution >= 4 is 5.91 Å². The summed E-state index contributed by atoms with van der Waals surface area (Å²) in [4.78, 5) is 29.4. The van der Waals surface area contributed by atoms with Crippen molar-refractivity contribution in [3.05, 3.63) is 63.2 Å². The fourth-order valence-corrected chi connectivity index (χ4v) is 3.94. The number of rotatable bonds is 7. The predicted octanol–water partition coefficient (Wildman–Crippen LogP) is 1.88. The summed E-state index contributed by atoms with van der Waals surface area (Å²) < 4.78 is 10.6. The average Bonchev–Trinajstić information content (AvgIpc) is 3.17. The number of likely N-dealkylation sites (N-methyl/N-ethyl adjacent to an activating group) is 1. The Morgan fingerprint density at radius 1 is 1.27 bits per heavy atom. The number of hydrogen-bond acceptors (Lipinski definition) is 6. The van der Waals surface area contributed by atoms with Crippen LogP contribution < -0.4 is 10.4 Å². The van der Waals surface area contributed by atoms with E-state index in [9.17, 15) is 14.7 Å². The topological polar surface area (TPSA) is 83.2 Å². The standard InChI is InChI=1S/C23H30N2O5/c1-15-11-20(10-7-16-5-8-19(29-4)9-6-16)30-23(28)21(15)22(27)25-13-17(24(2)3)12-18(25)14-26/h5-6,8-9,11,17-18,26H,7,10,12-14H2,1-4H3/t17-,18+/m1/s1. The van der Waals surface area contributed by atoms with Gasteiger partial charge in [0.05, 0.1) is 19.8 Å². The Kier molecular flexibility index (Phi) is 6.95. The lowest BCUT2D eigenvalue weighted by molar-refractivity contribution is 0.0667. The Morgan fingerprint density at radius 2 is 1.97 bits per heavy atom. The van der Waals surface area contributed by atoms with Crippen LogP contribution in [0.5, 0.6) is 5.75 Å². The van der Waals surface area contributed by atoms with Crippen LogP contribution in [0.1, 0.15) is 33.7 Å². The van der Waals surface area contributed by atoms with Crippen molar-refractivity contribution in [3.8, 4) is 5.75 Å². The van der Waals surface area contributed by atoms with E-state index in [0.29, 0.717) is 37.1 Å². The highest BCUT2D eigenvalue weighted by molar-refractivity contribution is 5.95. The molecule has 0 saturated carbocycles. The summed E-state index contributed by atoms with van der Waals surface area (Å²) in [6, 6.07) is 9.38.